The molecule has 2 aromatic heterocycles. The molecule has 0 saturated carbocycles. The summed E-state index contributed by atoms with van der Waals surface area (Å²) in [7, 11) is 0. The van der Waals surface area contributed by atoms with E-state index in [0.29, 0.717) is 40.8 Å². The third kappa shape index (κ3) is 5.28. The number of aryl methyl sites for hydroxylation is 1. The van der Waals surface area contributed by atoms with E-state index in [0.717, 1.165) is 23.7 Å². The molecule has 176 valence electrons. The lowest BCUT2D eigenvalue weighted by Crippen LogP contribution is -2.39. The minimum Gasteiger partial charge on any atom is -0.334 e. The van der Waals surface area contributed by atoms with Crippen LogP contribution in [0.15, 0.2) is 64.5 Å². The van der Waals surface area contributed by atoms with Gasteiger partial charge in [-0.25, -0.2) is 4.79 Å². The van der Waals surface area contributed by atoms with E-state index in [-0.39, 0.29) is 11.3 Å². The first-order valence-electron chi connectivity index (χ1n) is 11.0. The molecular formula is C24H26N6O3S. The Morgan fingerprint density at radius 1 is 1.03 bits per heavy atom. The molecule has 3 amide bonds. The van der Waals surface area contributed by atoms with Crippen LogP contribution in [0.25, 0.3) is 16.7 Å². The van der Waals surface area contributed by atoms with Gasteiger partial charge < -0.3 is 5.32 Å². The Morgan fingerprint density at radius 3 is 2.53 bits per heavy atom. The molecule has 0 aliphatic carbocycles. The molecular weight excluding hydrogens is 452 g/mol. The molecule has 9 nitrogen and oxygen atoms in total. The third-order valence-electron chi connectivity index (χ3n) is 5.29. The Hall–Kier alpha value is -3.66. The molecule has 0 aliphatic heterocycles. The number of fused-ring (bicyclic) bond motifs is 3. The quantitative estimate of drug-likeness (QED) is 0.376. The zero-order valence-electron chi connectivity index (χ0n) is 19.0. The first kappa shape index (κ1) is 23.5. The van der Waals surface area contributed by atoms with Gasteiger partial charge in [0.15, 0.2) is 5.16 Å². The van der Waals surface area contributed by atoms with Crippen molar-refractivity contribution in [3.63, 3.8) is 0 Å². The Morgan fingerprint density at radius 2 is 1.76 bits per heavy atom. The second-order valence-corrected chi connectivity index (χ2v) is 9.22. The highest BCUT2D eigenvalue weighted by atomic mass is 32.2. The highest BCUT2D eigenvalue weighted by Crippen LogP contribution is 2.21. The molecule has 0 bridgehead atoms. The number of imide groups is 1. The van der Waals surface area contributed by atoms with E-state index < -0.39 is 11.9 Å². The summed E-state index contributed by atoms with van der Waals surface area (Å²) in [6.07, 6.45) is 0.823. The fourth-order valence-electron chi connectivity index (χ4n) is 3.53. The van der Waals surface area contributed by atoms with E-state index in [1.807, 2.05) is 48.5 Å². The average Bonchev–Trinajstić information content (AvgIpc) is 3.26. The normalized spacial score (nSPS) is 11.3. The van der Waals surface area contributed by atoms with Crippen molar-refractivity contribution in [2.45, 2.75) is 38.5 Å². The van der Waals surface area contributed by atoms with Gasteiger partial charge in [-0.15, -0.1) is 10.2 Å². The van der Waals surface area contributed by atoms with Crippen molar-refractivity contribution < 1.29 is 9.59 Å². The van der Waals surface area contributed by atoms with E-state index in [2.05, 4.69) is 34.7 Å². The van der Waals surface area contributed by atoms with Crippen LogP contribution in [0.1, 0.15) is 25.8 Å². The van der Waals surface area contributed by atoms with Crippen molar-refractivity contribution in [1.29, 1.82) is 0 Å². The summed E-state index contributed by atoms with van der Waals surface area (Å²) in [6, 6.07) is 16.1. The lowest BCUT2D eigenvalue weighted by atomic mass is 10.1. The van der Waals surface area contributed by atoms with Gasteiger partial charge in [-0.05, 0) is 30.0 Å². The van der Waals surface area contributed by atoms with Gasteiger partial charge in [0.05, 0.1) is 16.7 Å². The number of aromatic nitrogens is 4. The van der Waals surface area contributed by atoms with E-state index in [9.17, 15) is 14.4 Å². The maximum absolute atomic E-state index is 13.1. The SMILES string of the molecule is CC(C)CCn1c(=O)c2ccccc2n2c(SCC(=O)NC(=O)NCc3ccccc3)nnc12. The molecule has 0 radical (unpaired) electrons. The van der Waals surface area contributed by atoms with Gasteiger partial charge in [-0.2, -0.15) is 0 Å². The van der Waals surface area contributed by atoms with Crippen molar-refractivity contribution in [2.24, 2.45) is 5.92 Å². The van der Waals surface area contributed by atoms with Crippen molar-refractivity contribution in [3.8, 4) is 0 Å². The summed E-state index contributed by atoms with van der Waals surface area (Å²) in [4.78, 5) is 37.5. The van der Waals surface area contributed by atoms with Crippen molar-refractivity contribution in [1.82, 2.24) is 29.8 Å². The van der Waals surface area contributed by atoms with Gasteiger partial charge in [-0.3, -0.25) is 23.9 Å². The highest BCUT2D eigenvalue weighted by Gasteiger charge is 2.18. The number of nitrogens with zero attached hydrogens (tertiary/aromatic N) is 4. The van der Waals surface area contributed by atoms with Crippen LogP contribution in [0.5, 0.6) is 0 Å². The number of hydrogen-bond acceptors (Lipinski definition) is 6. The average molecular weight is 479 g/mol. The van der Waals surface area contributed by atoms with Crippen molar-refractivity contribution in [3.05, 3.63) is 70.5 Å². The molecule has 0 fully saturated rings. The Kier molecular flexibility index (Phi) is 7.27. The molecule has 2 heterocycles. The molecule has 0 aliphatic rings. The number of thioether (sulfide) groups is 1. The maximum Gasteiger partial charge on any atom is 0.321 e. The Labute approximate surface area is 200 Å². The summed E-state index contributed by atoms with van der Waals surface area (Å²) in [5.74, 6) is 0.378. The summed E-state index contributed by atoms with van der Waals surface area (Å²) in [6.45, 7) is 5.05. The number of benzene rings is 2. The monoisotopic (exact) mass is 478 g/mol. The number of para-hydroxylation sites is 1. The standard InChI is InChI=1S/C24H26N6O3S/c1-16(2)12-13-29-21(32)18-10-6-7-11-19(18)30-23(29)27-28-24(30)34-15-20(31)26-22(33)25-14-17-8-4-3-5-9-17/h3-11,16H,12-15H2,1-2H3,(H2,25,26,31,33). The van der Waals surface area contributed by atoms with Crippen LogP contribution in [0, 0.1) is 5.92 Å². The molecule has 0 spiro atoms. The van der Waals surface area contributed by atoms with Gasteiger partial charge in [0.25, 0.3) is 5.56 Å². The number of hydrogen-bond donors (Lipinski definition) is 2. The minimum atomic E-state index is -0.562. The van der Waals surface area contributed by atoms with Crippen molar-refractivity contribution in [2.75, 3.05) is 5.75 Å². The van der Waals surface area contributed by atoms with Crippen LogP contribution in [0.4, 0.5) is 4.79 Å². The Bertz CT molecular complexity index is 1380. The second-order valence-electron chi connectivity index (χ2n) is 8.28. The largest absolute Gasteiger partial charge is 0.334 e. The molecule has 0 atom stereocenters. The van der Waals surface area contributed by atoms with Gasteiger partial charge in [0.2, 0.25) is 11.7 Å². The lowest BCUT2D eigenvalue weighted by molar-refractivity contribution is -0.117. The Balaban J connectivity index is 1.49. The first-order chi connectivity index (χ1) is 16.4. The molecule has 0 saturated heterocycles. The summed E-state index contributed by atoms with van der Waals surface area (Å²) >= 11 is 1.16. The molecule has 34 heavy (non-hydrogen) atoms. The zero-order valence-corrected chi connectivity index (χ0v) is 19.8. The summed E-state index contributed by atoms with van der Waals surface area (Å²) in [5.41, 5.74) is 1.50. The number of urea groups is 1. The topological polar surface area (TPSA) is 110 Å². The van der Waals surface area contributed by atoms with Crippen molar-refractivity contribution >= 4 is 40.4 Å². The lowest BCUT2D eigenvalue weighted by Gasteiger charge is -2.12. The fourth-order valence-corrected chi connectivity index (χ4v) is 4.27. The van der Waals surface area contributed by atoms with Crippen LogP contribution < -0.4 is 16.2 Å². The van der Waals surface area contributed by atoms with Crippen LogP contribution in [-0.2, 0) is 17.9 Å². The van der Waals surface area contributed by atoms with Crippen LogP contribution in [0.2, 0.25) is 0 Å². The molecule has 2 aromatic carbocycles. The molecule has 10 heteroatoms. The van der Waals surface area contributed by atoms with Crippen LogP contribution in [0.3, 0.4) is 0 Å². The van der Waals surface area contributed by atoms with E-state index in [4.69, 9.17) is 0 Å². The number of amides is 3. The second kappa shape index (κ2) is 10.5. The first-order valence-corrected chi connectivity index (χ1v) is 12.0. The van der Waals surface area contributed by atoms with Gasteiger partial charge in [0.1, 0.15) is 0 Å². The number of carbonyl (C=O) groups excluding carboxylic acids is 2. The van der Waals surface area contributed by atoms with Crippen LogP contribution >= 0.6 is 11.8 Å². The summed E-state index contributed by atoms with van der Waals surface area (Å²) in [5, 5.41) is 14.5. The van der Waals surface area contributed by atoms with E-state index in [1.165, 1.54) is 0 Å². The number of rotatable bonds is 8. The molecule has 0 unspecified atom stereocenters. The smallest absolute Gasteiger partial charge is 0.321 e. The zero-order chi connectivity index (χ0) is 24.1. The molecule has 2 N–H and O–H groups in total. The predicted molar refractivity (Wildman–Crippen MR) is 132 cm³/mol. The van der Waals surface area contributed by atoms with E-state index in [1.54, 1.807) is 15.0 Å². The van der Waals surface area contributed by atoms with Gasteiger partial charge >= 0.3 is 6.03 Å². The number of carbonyl (C=O) groups is 2. The maximum atomic E-state index is 13.1. The fraction of sp³-hybridized carbons (Fsp3) is 0.292. The highest BCUT2D eigenvalue weighted by molar-refractivity contribution is 7.99. The molecule has 4 aromatic rings. The third-order valence-corrected chi connectivity index (χ3v) is 6.22. The van der Waals surface area contributed by atoms with E-state index >= 15 is 0 Å². The number of nitrogens with one attached hydrogen (secondary N) is 2. The predicted octanol–water partition coefficient (Wildman–Crippen LogP) is 3.21. The van der Waals surface area contributed by atoms with Gasteiger partial charge in [-0.1, -0.05) is 68.1 Å². The van der Waals surface area contributed by atoms with Crippen LogP contribution in [-0.4, -0.2) is 36.9 Å². The molecule has 4 rings (SSSR count). The minimum absolute atomic E-state index is 0.0288. The van der Waals surface area contributed by atoms with Gasteiger partial charge in [0, 0.05) is 13.1 Å². The summed E-state index contributed by atoms with van der Waals surface area (Å²) < 4.78 is 3.43.